The fourth-order valence-corrected chi connectivity index (χ4v) is 3.38. The number of nitrogens with zero attached hydrogens (tertiary/aromatic N) is 2. The first-order chi connectivity index (χ1) is 11.3. The van der Waals surface area contributed by atoms with Crippen molar-refractivity contribution in [3.8, 4) is 6.07 Å². The molecule has 0 amide bonds. The van der Waals surface area contributed by atoms with E-state index in [-0.39, 0.29) is 0 Å². The maximum Gasteiger partial charge on any atom is 0.0991 e. The molecule has 1 aliphatic heterocycles. The van der Waals surface area contributed by atoms with Crippen LogP contribution in [0.4, 0.5) is 17.1 Å². The van der Waals surface area contributed by atoms with E-state index >= 15 is 0 Å². The molecule has 0 atom stereocenters. The summed E-state index contributed by atoms with van der Waals surface area (Å²) in [6.07, 6.45) is 0. The van der Waals surface area contributed by atoms with Gasteiger partial charge < -0.3 is 4.90 Å². The fraction of sp³-hybridized carbons (Fsp3) is 0.0952. The van der Waals surface area contributed by atoms with Gasteiger partial charge in [0.05, 0.1) is 11.6 Å². The Morgan fingerprint density at radius 1 is 0.783 bits per heavy atom. The third kappa shape index (κ3) is 2.10. The van der Waals surface area contributed by atoms with Crippen molar-refractivity contribution in [3.05, 3.63) is 89.5 Å². The molecule has 0 bridgehead atoms. The van der Waals surface area contributed by atoms with E-state index in [9.17, 15) is 0 Å². The van der Waals surface area contributed by atoms with Crippen molar-refractivity contribution in [1.82, 2.24) is 0 Å². The second-order valence-corrected chi connectivity index (χ2v) is 5.83. The lowest BCUT2D eigenvalue weighted by atomic mass is 9.86. The Bertz CT molecular complexity index is 856. The van der Waals surface area contributed by atoms with E-state index in [1.807, 2.05) is 24.3 Å². The van der Waals surface area contributed by atoms with Gasteiger partial charge in [-0.05, 0) is 47.5 Å². The number of anilines is 3. The highest BCUT2D eigenvalue weighted by atomic mass is 15.2. The van der Waals surface area contributed by atoms with Gasteiger partial charge >= 0.3 is 0 Å². The smallest absolute Gasteiger partial charge is 0.0991 e. The minimum atomic E-state index is 0.372. The van der Waals surface area contributed by atoms with E-state index in [1.54, 1.807) is 0 Å². The van der Waals surface area contributed by atoms with Gasteiger partial charge in [0.25, 0.3) is 0 Å². The minimum absolute atomic E-state index is 0.372. The first-order valence-corrected chi connectivity index (χ1v) is 7.78. The maximum atomic E-state index is 9.03. The monoisotopic (exact) mass is 296 g/mol. The van der Waals surface area contributed by atoms with Crippen molar-refractivity contribution in [2.45, 2.75) is 12.8 Å². The molecule has 0 aliphatic carbocycles. The lowest BCUT2D eigenvalue weighted by Gasteiger charge is -2.36. The second-order valence-electron chi connectivity index (χ2n) is 5.83. The zero-order chi connectivity index (χ0) is 15.8. The molecule has 3 aromatic carbocycles. The molecular weight excluding hydrogens is 280 g/mol. The third-order valence-corrected chi connectivity index (χ3v) is 4.54. The molecule has 0 saturated carbocycles. The Kier molecular flexibility index (Phi) is 3.13. The summed E-state index contributed by atoms with van der Waals surface area (Å²) in [6.45, 7) is 2.26. The van der Waals surface area contributed by atoms with Crippen LogP contribution in [0, 0.1) is 11.3 Å². The first kappa shape index (κ1) is 13.6. The Hall–Kier alpha value is -3.05. The van der Waals surface area contributed by atoms with Crippen LogP contribution >= 0.6 is 0 Å². The van der Waals surface area contributed by atoms with Crippen molar-refractivity contribution in [3.63, 3.8) is 0 Å². The summed E-state index contributed by atoms with van der Waals surface area (Å²) < 4.78 is 0. The molecule has 2 heteroatoms. The number of rotatable bonds is 1. The van der Waals surface area contributed by atoms with Crippen LogP contribution in [-0.4, -0.2) is 0 Å². The van der Waals surface area contributed by atoms with Gasteiger partial charge in [-0.2, -0.15) is 5.26 Å². The van der Waals surface area contributed by atoms with Crippen LogP contribution in [0.15, 0.2) is 72.8 Å². The summed E-state index contributed by atoms with van der Waals surface area (Å²) in [5.74, 6) is 0.372. The number of benzene rings is 3. The van der Waals surface area contributed by atoms with Crippen molar-refractivity contribution in [2.24, 2.45) is 0 Å². The number of hydrogen-bond donors (Lipinski definition) is 0. The van der Waals surface area contributed by atoms with Crippen molar-refractivity contribution < 1.29 is 0 Å². The second kappa shape index (κ2) is 5.30. The number of fused-ring (bicyclic) bond motifs is 2. The molecule has 3 aromatic rings. The normalized spacial score (nSPS) is 13.1. The largest absolute Gasteiger partial charge is 0.310 e. The van der Waals surface area contributed by atoms with Crippen LogP contribution in [0.2, 0.25) is 0 Å². The van der Waals surface area contributed by atoms with Crippen molar-refractivity contribution in [2.75, 3.05) is 4.90 Å². The highest BCUT2D eigenvalue weighted by molar-refractivity contribution is 5.84. The predicted molar refractivity (Wildman–Crippen MR) is 93.4 cm³/mol. The van der Waals surface area contributed by atoms with Gasteiger partial charge in [-0.3, -0.25) is 0 Å². The molecule has 0 N–H and O–H groups in total. The summed E-state index contributed by atoms with van der Waals surface area (Å²) in [5, 5.41) is 9.03. The van der Waals surface area contributed by atoms with Crippen LogP contribution in [0.25, 0.3) is 0 Å². The summed E-state index contributed by atoms with van der Waals surface area (Å²) >= 11 is 0. The Morgan fingerprint density at radius 3 is 1.83 bits per heavy atom. The van der Waals surface area contributed by atoms with E-state index in [4.69, 9.17) is 5.26 Å². The standard InChI is InChI=1S/C21H16N2/c1-15-18-6-2-4-8-20(18)23(21-9-5-3-7-19(15)21)17-12-10-16(14-22)11-13-17/h2-13,15H,1H3. The molecule has 0 unspecified atom stereocenters. The lowest BCUT2D eigenvalue weighted by Crippen LogP contribution is -2.20. The number of nitriles is 1. The molecule has 1 heterocycles. The Labute approximate surface area is 136 Å². The average Bonchev–Trinajstić information content (AvgIpc) is 2.63. The summed E-state index contributed by atoms with van der Waals surface area (Å²) in [5.41, 5.74) is 6.84. The molecule has 23 heavy (non-hydrogen) atoms. The zero-order valence-corrected chi connectivity index (χ0v) is 12.9. The molecule has 0 saturated heterocycles. The molecule has 110 valence electrons. The van der Waals surface area contributed by atoms with Crippen LogP contribution < -0.4 is 4.90 Å². The molecular formula is C21H16N2. The maximum absolute atomic E-state index is 9.03. The molecule has 2 nitrogen and oxygen atoms in total. The van der Waals surface area contributed by atoms with E-state index in [1.165, 1.54) is 22.5 Å². The highest BCUT2D eigenvalue weighted by Crippen LogP contribution is 2.48. The summed E-state index contributed by atoms with van der Waals surface area (Å²) in [7, 11) is 0. The highest BCUT2D eigenvalue weighted by Gasteiger charge is 2.28. The van der Waals surface area contributed by atoms with Crippen molar-refractivity contribution in [1.29, 1.82) is 5.26 Å². The van der Waals surface area contributed by atoms with Crippen molar-refractivity contribution >= 4 is 17.1 Å². The zero-order valence-electron chi connectivity index (χ0n) is 12.9. The predicted octanol–water partition coefficient (Wildman–Crippen LogP) is 5.49. The van der Waals surface area contributed by atoms with Gasteiger partial charge in [0.2, 0.25) is 0 Å². The molecule has 0 radical (unpaired) electrons. The quantitative estimate of drug-likeness (QED) is 0.593. The van der Waals surface area contributed by atoms with Gasteiger partial charge in [-0.1, -0.05) is 43.3 Å². The first-order valence-electron chi connectivity index (χ1n) is 7.78. The van der Waals surface area contributed by atoms with E-state index in [0.717, 1.165) is 5.69 Å². The van der Waals surface area contributed by atoms with Gasteiger partial charge in [-0.15, -0.1) is 0 Å². The van der Waals surface area contributed by atoms with Crippen LogP contribution in [0.1, 0.15) is 29.5 Å². The van der Waals surface area contributed by atoms with Gasteiger partial charge in [-0.25, -0.2) is 0 Å². The third-order valence-electron chi connectivity index (χ3n) is 4.54. The SMILES string of the molecule is CC1c2ccccc2N(c2ccc(C#N)cc2)c2ccccc21. The molecule has 4 rings (SSSR count). The summed E-state index contributed by atoms with van der Waals surface area (Å²) in [6, 6.07) is 27.1. The minimum Gasteiger partial charge on any atom is -0.310 e. The van der Waals surface area contributed by atoms with E-state index < -0.39 is 0 Å². The van der Waals surface area contributed by atoms with Gasteiger partial charge in [0.1, 0.15) is 0 Å². The molecule has 0 fully saturated rings. The van der Waals surface area contributed by atoms with Gasteiger partial charge in [0, 0.05) is 23.0 Å². The van der Waals surface area contributed by atoms with Crippen LogP contribution in [0.5, 0.6) is 0 Å². The number of hydrogen-bond acceptors (Lipinski definition) is 2. The van der Waals surface area contributed by atoms with Gasteiger partial charge in [0.15, 0.2) is 0 Å². The topological polar surface area (TPSA) is 27.0 Å². The Balaban J connectivity index is 1.95. The van der Waals surface area contributed by atoms with E-state index in [0.29, 0.717) is 11.5 Å². The molecule has 0 spiro atoms. The van der Waals surface area contributed by atoms with Crippen LogP contribution in [-0.2, 0) is 0 Å². The Morgan fingerprint density at radius 2 is 1.30 bits per heavy atom. The van der Waals surface area contributed by atoms with E-state index in [2.05, 4.69) is 66.4 Å². The number of para-hydroxylation sites is 2. The summed E-state index contributed by atoms with van der Waals surface area (Å²) in [4.78, 5) is 2.28. The lowest BCUT2D eigenvalue weighted by molar-refractivity contribution is 0.892. The molecule has 1 aliphatic rings. The average molecular weight is 296 g/mol. The fourth-order valence-electron chi connectivity index (χ4n) is 3.38. The van der Waals surface area contributed by atoms with Crippen LogP contribution in [0.3, 0.4) is 0 Å². The molecule has 0 aromatic heterocycles.